The topological polar surface area (TPSA) is 72.3 Å². The van der Waals surface area contributed by atoms with Gasteiger partial charge in [-0.05, 0) is 33.7 Å². The Bertz CT molecular complexity index is 440. The van der Waals surface area contributed by atoms with Crippen molar-refractivity contribution in [1.82, 2.24) is 25.2 Å². The first-order valence-corrected chi connectivity index (χ1v) is 6.91. The van der Waals surface area contributed by atoms with Crippen LogP contribution < -0.4 is 5.32 Å². The first-order chi connectivity index (χ1) is 9.38. The van der Waals surface area contributed by atoms with Gasteiger partial charge >= 0.3 is 6.09 Å². The van der Waals surface area contributed by atoms with E-state index in [2.05, 4.69) is 15.6 Å². The Morgan fingerprint density at radius 2 is 2.25 bits per heavy atom. The lowest BCUT2D eigenvalue weighted by atomic mass is 10.00. The molecule has 0 aromatic carbocycles. The van der Waals surface area contributed by atoms with Crippen LogP contribution in [0.15, 0.2) is 12.4 Å². The largest absolute Gasteiger partial charge is 0.444 e. The van der Waals surface area contributed by atoms with E-state index in [9.17, 15) is 4.79 Å². The van der Waals surface area contributed by atoms with Crippen molar-refractivity contribution in [3.05, 3.63) is 12.4 Å². The third-order valence-electron chi connectivity index (χ3n) is 3.37. The van der Waals surface area contributed by atoms with Gasteiger partial charge in [0.1, 0.15) is 5.60 Å². The van der Waals surface area contributed by atoms with Crippen LogP contribution >= 0.6 is 0 Å². The summed E-state index contributed by atoms with van der Waals surface area (Å²) in [6, 6.07) is 0.122. The molecule has 20 heavy (non-hydrogen) atoms. The monoisotopic (exact) mass is 281 g/mol. The van der Waals surface area contributed by atoms with Gasteiger partial charge in [0.2, 0.25) is 0 Å². The Morgan fingerprint density at radius 3 is 2.85 bits per heavy atom. The summed E-state index contributed by atoms with van der Waals surface area (Å²) in [4.78, 5) is 13.9. The van der Waals surface area contributed by atoms with Gasteiger partial charge < -0.3 is 15.0 Å². The second kappa shape index (κ2) is 5.78. The number of ether oxygens (including phenoxy) is 1. The maximum Gasteiger partial charge on any atom is 0.410 e. The van der Waals surface area contributed by atoms with E-state index in [1.165, 1.54) is 0 Å². The highest BCUT2D eigenvalue weighted by Gasteiger charge is 2.34. The average molecular weight is 281 g/mol. The van der Waals surface area contributed by atoms with E-state index in [1.807, 2.05) is 31.6 Å². The number of nitrogens with one attached hydrogen (secondary N) is 1. The van der Waals surface area contributed by atoms with Gasteiger partial charge in [0, 0.05) is 19.8 Å². The van der Waals surface area contributed by atoms with E-state index in [0.29, 0.717) is 0 Å². The van der Waals surface area contributed by atoms with Crippen LogP contribution in [-0.4, -0.2) is 57.8 Å². The van der Waals surface area contributed by atoms with E-state index >= 15 is 0 Å². The number of nitrogens with zero attached hydrogens (tertiary/aromatic N) is 4. The molecule has 1 amide bonds. The number of likely N-dealkylation sites (N-methyl/N-ethyl adjacent to an activating group) is 1. The molecule has 1 aliphatic rings. The number of hydrogen-bond acceptors (Lipinski definition) is 5. The molecular weight excluding hydrogens is 258 g/mol. The molecule has 1 aromatic heterocycles. The van der Waals surface area contributed by atoms with E-state index in [-0.39, 0.29) is 18.2 Å². The second-order valence-electron chi connectivity index (χ2n) is 6.10. The zero-order valence-electron chi connectivity index (χ0n) is 12.5. The maximum absolute atomic E-state index is 12.2. The molecule has 2 heterocycles. The van der Waals surface area contributed by atoms with Crippen molar-refractivity contribution in [3.63, 3.8) is 0 Å². The van der Waals surface area contributed by atoms with Gasteiger partial charge in [0.05, 0.1) is 18.3 Å². The maximum atomic E-state index is 12.2. The standard InChI is InChI=1S/C13H23N5O2/c1-13(2,3)20-12(19)17(4)11-9-14-6-5-10(11)18-8-7-15-16-18/h7-8,10-11,14H,5-6,9H2,1-4H3. The van der Waals surface area contributed by atoms with E-state index in [1.54, 1.807) is 18.1 Å². The molecular formula is C13H23N5O2. The number of aromatic nitrogens is 3. The predicted octanol–water partition coefficient (Wildman–Crippen LogP) is 1.05. The highest BCUT2D eigenvalue weighted by Crippen LogP contribution is 2.23. The van der Waals surface area contributed by atoms with Gasteiger partial charge in [-0.15, -0.1) is 5.10 Å². The van der Waals surface area contributed by atoms with Crippen LogP contribution in [0, 0.1) is 0 Å². The van der Waals surface area contributed by atoms with Crippen LogP contribution in [0.5, 0.6) is 0 Å². The van der Waals surface area contributed by atoms with Gasteiger partial charge in [0.25, 0.3) is 0 Å². The lowest BCUT2D eigenvalue weighted by Crippen LogP contribution is -2.53. The van der Waals surface area contributed by atoms with Crippen LogP contribution in [-0.2, 0) is 4.74 Å². The fourth-order valence-corrected chi connectivity index (χ4v) is 2.40. The highest BCUT2D eigenvalue weighted by molar-refractivity contribution is 5.68. The van der Waals surface area contributed by atoms with Crippen molar-refractivity contribution in [1.29, 1.82) is 0 Å². The summed E-state index contributed by atoms with van der Waals surface area (Å²) >= 11 is 0. The molecule has 1 fully saturated rings. The normalized spacial score (nSPS) is 23.4. The summed E-state index contributed by atoms with van der Waals surface area (Å²) in [5.41, 5.74) is -0.490. The molecule has 112 valence electrons. The third-order valence-corrected chi connectivity index (χ3v) is 3.37. The van der Waals surface area contributed by atoms with Crippen LogP contribution in [0.2, 0.25) is 0 Å². The Morgan fingerprint density at radius 1 is 1.50 bits per heavy atom. The molecule has 2 unspecified atom stereocenters. The van der Waals surface area contributed by atoms with Gasteiger partial charge in [-0.1, -0.05) is 5.21 Å². The molecule has 1 aromatic rings. The Kier molecular flexibility index (Phi) is 4.27. The zero-order valence-corrected chi connectivity index (χ0v) is 12.5. The van der Waals surface area contributed by atoms with Crippen molar-refractivity contribution in [3.8, 4) is 0 Å². The number of carbonyl (C=O) groups excluding carboxylic acids is 1. The first-order valence-electron chi connectivity index (χ1n) is 6.91. The summed E-state index contributed by atoms with van der Waals surface area (Å²) in [7, 11) is 1.77. The highest BCUT2D eigenvalue weighted by atomic mass is 16.6. The number of piperidine rings is 1. The summed E-state index contributed by atoms with van der Waals surface area (Å²) < 4.78 is 7.26. The fraction of sp³-hybridized carbons (Fsp3) is 0.769. The van der Waals surface area contributed by atoms with Crippen LogP contribution in [0.3, 0.4) is 0 Å². The average Bonchev–Trinajstić information content (AvgIpc) is 2.89. The summed E-state index contributed by atoms with van der Waals surface area (Å²) in [5.74, 6) is 0. The molecule has 1 N–H and O–H groups in total. The number of carbonyl (C=O) groups is 1. The van der Waals surface area contributed by atoms with Gasteiger partial charge in [-0.2, -0.15) is 0 Å². The molecule has 2 rings (SSSR count). The minimum Gasteiger partial charge on any atom is -0.444 e. The summed E-state index contributed by atoms with van der Waals surface area (Å²) in [5, 5.41) is 11.2. The molecule has 0 spiro atoms. The van der Waals surface area contributed by atoms with Crippen molar-refractivity contribution >= 4 is 6.09 Å². The van der Waals surface area contributed by atoms with E-state index in [0.717, 1.165) is 19.5 Å². The minimum absolute atomic E-state index is 0.000278. The van der Waals surface area contributed by atoms with Gasteiger partial charge in [-0.25, -0.2) is 9.48 Å². The van der Waals surface area contributed by atoms with Crippen LogP contribution in [0.4, 0.5) is 4.79 Å². The lowest BCUT2D eigenvalue weighted by Gasteiger charge is -2.38. The van der Waals surface area contributed by atoms with Crippen LogP contribution in [0.1, 0.15) is 33.2 Å². The molecule has 7 heteroatoms. The van der Waals surface area contributed by atoms with E-state index in [4.69, 9.17) is 4.74 Å². The second-order valence-corrected chi connectivity index (χ2v) is 6.10. The number of amides is 1. The molecule has 1 aliphatic heterocycles. The Balaban J connectivity index is 2.09. The molecule has 0 aliphatic carbocycles. The van der Waals surface area contributed by atoms with Crippen molar-refractivity contribution in [2.45, 2.75) is 44.9 Å². The lowest BCUT2D eigenvalue weighted by molar-refractivity contribution is 0.0135. The zero-order chi connectivity index (χ0) is 14.8. The van der Waals surface area contributed by atoms with Gasteiger partial charge in [-0.3, -0.25) is 0 Å². The summed E-state index contributed by atoms with van der Waals surface area (Å²) in [6.07, 6.45) is 4.09. The third kappa shape index (κ3) is 3.47. The molecule has 2 atom stereocenters. The molecule has 0 bridgehead atoms. The minimum atomic E-state index is -0.490. The SMILES string of the molecule is CN(C(=O)OC(C)(C)C)C1CNCCC1n1ccnn1. The molecule has 0 radical (unpaired) electrons. The molecule has 7 nitrogen and oxygen atoms in total. The predicted molar refractivity (Wildman–Crippen MR) is 74.3 cm³/mol. The molecule has 1 saturated heterocycles. The van der Waals surface area contributed by atoms with E-state index < -0.39 is 5.60 Å². The number of rotatable bonds is 2. The summed E-state index contributed by atoms with van der Waals surface area (Å²) in [6.45, 7) is 7.23. The van der Waals surface area contributed by atoms with Crippen LogP contribution in [0.25, 0.3) is 0 Å². The van der Waals surface area contributed by atoms with Crippen molar-refractivity contribution < 1.29 is 9.53 Å². The van der Waals surface area contributed by atoms with Gasteiger partial charge in [0.15, 0.2) is 0 Å². The Hall–Kier alpha value is -1.63. The molecule has 0 saturated carbocycles. The smallest absolute Gasteiger partial charge is 0.410 e. The van der Waals surface area contributed by atoms with Crippen molar-refractivity contribution in [2.24, 2.45) is 0 Å². The fourth-order valence-electron chi connectivity index (χ4n) is 2.40. The Labute approximate surface area is 119 Å². The first kappa shape index (κ1) is 14.8. The quantitative estimate of drug-likeness (QED) is 0.877. The van der Waals surface area contributed by atoms with Crippen molar-refractivity contribution in [2.75, 3.05) is 20.1 Å². The number of hydrogen-bond donors (Lipinski definition) is 1.